The minimum atomic E-state index is -0.00655. The van der Waals surface area contributed by atoms with E-state index in [1.165, 1.54) is 21.0 Å². The summed E-state index contributed by atoms with van der Waals surface area (Å²) in [6.07, 6.45) is 2.91. The molecule has 2 heterocycles. The lowest BCUT2D eigenvalue weighted by Gasteiger charge is -2.09. The molecule has 0 saturated carbocycles. The van der Waals surface area contributed by atoms with E-state index in [0.29, 0.717) is 5.92 Å². The number of fused-ring (bicyclic) bond motifs is 2. The fourth-order valence-corrected chi connectivity index (χ4v) is 3.79. The Hall–Kier alpha value is -2.75. The molecule has 2 aromatic carbocycles. The topological polar surface area (TPSA) is 37.9 Å². The summed E-state index contributed by atoms with van der Waals surface area (Å²) < 4.78 is 3.72. The molecule has 4 heteroatoms. The van der Waals surface area contributed by atoms with Crippen LogP contribution in [0.1, 0.15) is 36.2 Å². The molecule has 0 fully saturated rings. The lowest BCUT2D eigenvalue weighted by Crippen LogP contribution is -2.26. The van der Waals surface area contributed by atoms with E-state index in [1.807, 2.05) is 6.21 Å². The van der Waals surface area contributed by atoms with Gasteiger partial charge in [-0.3, -0.25) is 4.79 Å². The summed E-state index contributed by atoms with van der Waals surface area (Å²) in [6, 6.07) is 14.9. The molecule has 0 bridgehead atoms. The Bertz CT molecular complexity index is 1070. The number of rotatable bonds is 4. The Labute approximate surface area is 153 Å². The molecule has 132 valence electrons. The first-order valence-electron chi connectivity index (χ1n) is 9.17. The highest BCUT2D eigenvalue weighted by Crippen LogP contribution is 2.22. The maximum Gasteiger partial charge on any atom is 0.280 e. The largest absolute Gasteiger partial charge is 0.280 e. The average Bonchev–Trinajstić information content (AvgIpc) is 3.04. The van der Waals surface area contributed by atoms with E-state index in [2.05, 4.69) is 66.0 Å². The van der Waals surface area contributed by atoms with Crippen molar-refractivity contribution in [2.75, 3.05) is 0 Å². The summed E-state index contributed by atoms with van der Waals surface area (Å²) in [7, 11) is 1.74. The van der Waals surface area contributed by atoms with Crippen molar-refractivity contribution in [2.45, 2.75) is 33.4 Å². The second kappa shape index (κ2) is 6.52. The zero-order valence-corrected chi connectivity index (χ0v) is 15.6. The SMILES string of the molecule is CC(C)Cc1nn(C)c(=O)c2c1C[N+](Cc1cccc3ccccc13)=C2. The van der Waals surface area contributed by atoms with Crippen molar-refractivity contribution in [3.8, 4) is 0 Å². The smallest absolute Gasteiger partial charge is 0.267 e. The Morgan fingerprint density at radius 1 is 1.15 bits per heavy atom. The zero-order chi connectivity index (χ0) is 18.3. The summed E-state index contributed by atoms with van der Waals surface area (Å²) in [5.74, 6) is 0.510. The van der Waals surface area contributed by atoms with E-state index in [9.17, 15) is 4.79 Å². The molecule has 4 rings (SSSR count). The van der Waals surface area contributed by atoms with Gasteiger partial charge in [0, 0.05) is 12.6 Å². The standard InChI is InChI=1S/C22H24N3O/c1-15(2)11-21-19-13-25(14-20(19)22(26)24(3)23-21)12-17-9-6-8-16-7-4-5-10-18(16)17/h4-10,14-15H,11-13H2,1-3H3/q+1. The van der Waals surface area contributed by atoms with Crippen LogP contribution in [0.15, 0.2) is 47.3 Å². The third-order valence-electron chi connectivity index (χ3n) is 5.00. The molecule has 0 N–H and O–H groups in total. The van der Waals surface area contributed by atoms with E-state index >= 15 is 0 Å². The van der Waals surface area contributed by atoms with Crippen LogP contribution in [-0.2, 0) is 26.6 Å². The van der Waals surface area contributed by atoms with E-state index < -0.39 is 0 Å². The summed E-state index contributed by atoms with van der Waals surface area (Å²) in [5.41, 5.74) is 4.23. The molecule has 1 aromatic heterocycles. The van der Waals surface area contributed by atoms with Gasteiger partial charge in [-0.15, -0.1) is 0 Å². The van der Waals surface area contributed by atoms with Gasteiger partial charge in [-0.05, 0) is 23.1 Å². The van der Waals surface area contributed by atoms with Crippen LogP contribution in [0.5, 0.6) is 0 Å². The molecule has 0 aliphatic carbocycles. The monoisotopic (exact) mass is 346 g/mol. The van der Waals surface area contributed by atoms with Crippen LogP contribution in [0, 0.1) is 5.92 Å². The van der Waals surface area contributed by atoms with Gasteiger partial charge < -0.3 is 0 Å². The first-order chi connectivity index (χ1) is 12.5. The van der Waals surface area contributed by atoms with Crippen LogP contribution >= 0.6 is 0 Å². The maximum atomic E-state index is 12.6. The normalized spacial score (nSPS) is 13.3. The van der Waals surface area contributed by atoms with Gasteiger partial charge in [0.05, 0.1) is 11.3 Å². The van der Waals surface area contributed by atoms with Crippen molar-refractivity contribution in [1.29, 1.82) is 0 Å². The molecule has 4 nitrogen and oxygen atoms in total. The Kier molecular flexibility index (Phi) is 4.19. The maximum absolute atomic E-state index is 12.6. The molecule has 0 radical (unpaired) electrons. The molecule has 0 saturated heterocycles. The second-order valence-corrected chi connectivity index (χ2v) is 7.54. The van der Waals surface area contributed by atoms with Crippen molar-refractivity contribution < 1.29 is 4.58 Å². The number of benzene rings is 2. The van der Waals surface area contributed by atoms with Gasteiger partial charge >= 0.3 is 0 Å². The first kappa shape index (κ1) is 16.7. The molecular weight excluding hydrogens is 322 g/mol. The molecular formula is C22H24N3O+. The van der Waals surface area contributed by atoms with Crippen LogP contribution < -0.4 is 5.56 Å². The Morgan fingerprint density at radius 2 is 1.92 bits per heavy atom. The van der Waals surface area contributed by atoms with Crippen molar-refractivity contribution in [3.63, 3.8) is 0 Å². The zero-order valence-electron chi connectivity index (χ0n) is 15.6. The number of aromatic nitrogens is 2. The number of nitrogens with zero attached hydrogens (tertiary/aromatic N) is 3. The number of hydrogen-bond donors (Lipinski definition) is 0. The summed E-state index contributed by atoms with van der Waals surface area (Å²) in [6.45, 7) is 5.92. The van der Waals surface area contributed by atoms with E-state index in [4.69, 9.17) is 0 Å². The summed E-state index contributed by atoms with van der Waals surface area (Å²) >= 11 is 0. The number of hydrogen-bond acceptors (Lipinski definition) is 2. The quantitative estimate of drug-likeness (QED) is 0.680. The van der Waals surface area contributed by atoms with Gasteiger partial charge in [0.15, 0.2) is 19.3 Å². The van der Waals surface area contributed by atoms with Crippen molar-refractivity contribution >= 4 is 17.0 Å². The van der Waals surface area contributed by atoms with Gasteiger partial charge in [-0.2, -0.15) is 5.10 Å². The fourth-order valence-electron chi connectivity index (χ4n) is 3.79. The van der Waals surface area contributed by atoms with Gasteiger partial charge in [0.25, 0.3) is 5.56 Å². The van der Waals surface area contributed by atoms with Crippen LogP contribution in [-0.4, -0.2) is 20.6 Å². The minimum Gasteiger partial charge on any atom is -0.267 e. The second-order valence-electron chi connectivity index (χ2n) is 7.54. The van der Waals surface area contributed by atoms with E-state index in [1.54, 1.807) is 7.05 Å². The molecule has 0 atom stereocenters. The van der Waals surface area contributed by atoms with E-state index in [-0.39, 0.29) is 5.56 Å². The molecule has 0 spiro atoms. The fraction of sp³-hybridized carbons (Fsp3) is 0.318. The van der Waals surface area contributed by atoms with Crippen LogP contribution in [0.4, 0.5) is 0 Å². The molecule has 3 aromatic rings. The summed E-state index contributed by atoms with van der Waals surface area (Å²) in [5, 5.41) is 7.05. The highest BCUT2D eigenvalue weighted by atomic mass is 16.1. The highest BCUT2D eigenvalue weighted by molar-refractivity contribution is 5.85. The molecule has 0 unspecified atom stereocenters. The lowest BCUT2D eigenvalue weighted by atomic mass is 10.0. The highest BCUT2D eigenvalue weighted by Gasteiger charge is 2.27. The van der Waals surface area contributed by atoms with Crippen LogP contribution in [0.2, 0.25) is 0 Å². The van der Waals surface area contributed by atoms with E-state index in [0.717, 1.165) is 36.3 Å². The lowest BCUT2D eigenvalue weighted by molar-refractivity contribution is -0.550. The van der Waals surface area contributed by atoms with Gasteiger partial charge in [-0.25, -0.2) is 9.26 Å². The van der Waals surface area contributed by atoms with Crippen molar-refractivity contribution in [2.24, 2.45) is 13.0 Å². The van der Waals surface area contributed by atoms with Crippen LogP contribution in [0.3, 0.4) is 0 Å². The van der Waals surface area contributed by atoms with Gasteiger partial charge in [0.1, 0.15) is 5.56 Å². The van der Waals surface area contributed by atoms with Gasteiger partial charge in [-0.1, -0.05) is 56.3 Å². The van der Waals surface area contributed by atoms with Crippen molar-refractivity contribution in [3.05, 3.63) is 75.2 Å². The molecule has 1 aliphatic rings. The van der Waals surface area contributed by atoms with Crippen LogP contribution in [0.25, 0.3) is 10.8 Å². The first-order valence-corrected chi connectivity index (χ1v) is 9.17. The third-order valence-corrected chi connectivity index (χ3v) is 5.00. The Morgan fingerprint density at radius 3 is 2.73 bits per heavy atom. The molecule has 1 aliphatic heterocycles. The third kappa shape index (κ3) is 2.96. The predicted octanol–water partition coefficient (Wildman–Crippen LogP) is 3.28. The minimum absolute atomic E-state index is 0.00655. The molecule has 0 amide bonds. The summed E-state index contributed by atoms with van der Waals surface area (Å²) in [4.78, 5) is 12.6. The van der Waals surface area contributed by atoms with Gasteiger partial charge in [0.2, 0.25) is 0 Å². The number of aryl methyl sites for hydroxylation is 1. The Balaban J connectivity index is 1.71. The molecule has 26 heavy (non-hydrogen) atoms. The predicted molar refractivity (Wildman–Crippen MR) is 105 cm³/mol. The average molecular weight is 346 g/mol. The van der Waals surface area contributed by atoms with Crippen molar-refractivity contribution in [1.82, 2.24) is 9.78 Å².